The molecule has 0 atom stereocenters. The van der Waals surface area contributed by atoms with Gasteiger partial charge in [0.1, 0.15) is 0 Å². The van der Waals surface area contributed by atoms with Crippen molar-refractivity contribution in [3.8, 4) is 0 Å². The van der Waals surface area contributed by atoms with E-state index >= 15 is 0 Å². The van der Waals surface area contributed by atoms with Crippen LogP contribution >= 0.6 is 15.9 Å². The summed E-state index contributed by atoms with van der Waals surface area (Å²) in [5.41, 5.74) is 5.91. The number of carboxylic acid groups (broad SMARTS) is 1. The van der Waals surface area contributed by atoms with Gasteiger partial charge in [0.25, 0.3) is 0 Å². The third-order valence-electron chi connectivity index (χ3n) is 5.75. The molecule has 0 saturated heterocycles. The first-order valence-electron chi connectivity index (χ1n) is 10.5. The molecule has 0 spiro atoms. The average Bonchev–Trinajstić information content (AvgIpc) is 2.80. The van der Waals surface area contributed by atoms with Gasteiger partial charge in [-0.25, -0.2) is 9.78 Å². The van der Waals surface area contributed by atoms with Crippen LogP contribution in [-0.4, -0.2) is 27.5 Å². The average molecular weight is 485 g/mol. The molecule has 1 N–H and O–H groups in total. The summed E-state index contributed by atoms with van der Waals surface area (Å²) in [6, 6.07) is 25.9. The lowest BCUT2D eigenvalue weighted by molar-refractivity contribution is 0.0696. The van der Waals surface area contributed by atoms with Crippen molar-refractivity contribution < 1.29 is 9.90 Å². The molecular formula is C27H21BrN2O2. The van der Waals surface area contributed by atoms with Gasteiger partial charge in [-0.15, -0.1) is 0 Å². The number of aromatic carboxylic acids is 1. The van der Waals surface area contributed by atoms with Crippen molar-refractivity contribution >= 4 is 44.5 Å². The Morgan fingerprint density at radius 2 is 1.69 bits per heavy atom. The molecule has 1 aromatic heterocycles. The van der Waals surface area contributed by atoms with Gasteiger partial charge in [-0.2, -0.15) is 0 Å². The molecule has 5 rings (SSSR count). The minimum Gasteiger partial charge on any atom is -0.478 e. The lowest BCUT2D eigenvalue weighted by Crippen LogP contribution is -2.31. The van der Waals surface area contributed by atoms with Gasteiger partial charge in [0.15, 0.2) is 0 Å². The number of rotatable bonds is 4. The fourth-order valence-corrected chi connectivity index (χ4v) is 4.60. The topological polar surface area (TPSA) is 53.4 Å². The van der Waals surface area contributed by atoms with E-state index in [2.05, 4.69) is 39.0 Å². The second-order valence-electron chi connectivity index (χ2n) is 7.99. The summed E-state index contributed by atoms with van der Waals surface area (Å²) in [4.78, 5) is 19.6. The fourth-order valence-electron chi connectivity index (χ4n) is 4.34. The van der Waals surface area contributed by atoms with Gasteiger partial charge < -0.3 is 5.11 Å². The second kappa shape index (κ2) is 8.69. The maximum atomic E-state index is 12.4. The summed E-state index contributed by atoms with van der Waals surface area (Å²) in [7, 11) is 0. The first-order chi connectivity index (χ1) is 15.6. The van der Waals surface area contributed by atoms with E-state index in [9.17, 15) is 9.90 Å². The maximum Gasteiger partial charge on any atom is 0.336 e. The largest absolute Gasteiger partial charge is 0.478 e. The first-order valence-corrected chi connectivity index (χ1v) is 11.3. The Kier molecular flexibility index (Phi) is 5.60. The van der Waals surface area contributed by atoms with Crippen LogP contribution in [0.15, 0.2) is 83.3 Å². The lowest BCUT2D eigenvalue weighted by Gasteiger charge is -2.31. The maximum absolute atomic E-state index is 12.4. The molecule has 2 heterocycles. The molecule has 0 amide bonds. The van der Waals surface area contributed by atoms with Crippen LogP contribution < -0.4 is 0 Å². The smallest absolute Gasteiger partial charge is 0.336 e. The summed E-state index contributed by atoms with van der Waals surface area (Å²) in [5, 5.41) is 10.8. The Labute approximate surface area is 195 Å². The molecule has 158 valence electrons. The minimum atomic E-state index is -0.913. The number of benzene rings is 3. The lowest BCUT2D eigenvalue weighted by atomic mass is 9.91. The predicted molar refractivity (Wildman–Crippen MR) is 131 cm³/mol. The first kappa shape index (κ1) is 20.6. The zero-order valence-corrected chi connectivity index (χ0v) is 18.9. The quantitative estimate of drug-likeness (QED) is 0.371. The molecule has 0 unspecified atom stereocenters. The second-order valence-corrected chi connectivity index (χ2v) is 8.90. The molecule has 5 heteroatoms. The van der Waals surface area contributed by atoms with Crippen LogP contribution in [0.4, 0.5) is 0 Å². The van der Waals surface area contributed by atoms with E-state index in [0.717, 1.165) is 33.4 Å². The molecule has 1 aliphatic heterocycles. The van der Waals surface area contributed by atoms with E-state index in [-0.39, 0.29) is 0 Å². The third-order valence-corrected chi connectivity index (χ3v) is 6.28. The number of para-hydroxylation sites is 1. The highest BCUT2D eigenvalue weighted by molar-refractivity contribution is 9.10. The van der Waals surface area contributed by atoms with Crippen LogP contribution in [0.5, 0.6) is 0 Å². The molecule has 0 radical (unpaired) electrons. The highest BCUT2D eigenvalue weighted by Crippen LogP contribution is 2.34. The molecule has 0 fully saturated rings. The number of aromatic nitrogens is 1. The Morgan fingerprint density at radius 3 is 2.44 bits per heavy atom. The summed E-state index contributed by atoms with van der Waals surface area (Å²) in [5.74, 6) is -0.913. The van der Waals surface area contributed by atoms with E-state index in [1.807, 2.05) is 66.7 Å². The molecule has 32 heavy (non-hydrogen) atoms. The summed E-state index contributed by atoms with van der Waals surface area (Å²) >= 11 is 3.49. The van der Waals surface area contributed by atoms with Crippen molar-refractivity contribution in [2.24, 2.45) is 0 Å². The molecular weight excluding hydrogens is 464 g/mol. The number of carbonyl (C=O) groups is 1. The Balaban J connectivity index is 1.68. The number of hydrogen-bond donors (Lipinski definition) is 1. The Bertz CT molecular complexity index is 1330. The van der Waals surface area contributed by atoms with E-state index in [4.69, 9.17) is 4.98 Å². The summed E-state index contributed by atoms with van der Waals surface area (Å²) in [6.45, 7) is 1.98. The SMILES string of the molecule is O=C(O)c1c2c(nc3ccccc13)C(=Cc1ccc(Br)cc1)CN(Cc1ccccc1)C2. The van der Waals surface area contributed by atoms with Crippen molar-refractivity contribution in [2.45, 2.75) is 13.1 Å². The van der Waals surface area contributed by atoms with E-state index in [1.54, 1.807) is 0 Å². The molecule has 0 bridgehead atoms. The normalized spacial score (nSPS) is 15.1. The number of hydrogen-bond acceptors (Lipinski definition) is 3. The Morgan fingerprint density at radius 1 is 0.969 bits per heavy atom. The number of halogens is 1. The van der Waals surface area contributed by atoms with Gasteiger partial charge in [-0.3, -0.25) is 4.90 Å². The fraction of sp³-hybridized carbons (Fsp3) is 0.111. The van der Waals surface area contributed by atoms with Crippen molar-refractivity contribution in [3.63, 3.8) is 0 Å². The number of nitrogens with zero attached hydrogens (tertiary/aromatic N) is 2. The van der Waals surface area contributed by atoms with Crippen LogP contribution in [0.1, 0.15) is 32.7 Å². The van der Waals surface area contributed by atoms with Crippen molar-refractivity contribution in [1.82, 2.24) is 9.88 Å². The third kappa shape index (κ3) is 4.09. The van der Waals surface area contributed by atoms with Gasteiger partial charge in [-0.05, 0) is 41.0 Å². The summed E-state index contributed by atoms with van der Waals surface area (Å²) in [6.07, 6.45) is 2.12. The van der Waals surface area contributed by atoms with Gasteiger partial charge in [0.05, 0.1) is 16.8 Å². The van der Waals surface area contributed by atoms with Gasteiger partial charge in [0, 0.05) is 35.1 Å². The zero-order valence-electron chi connectivity index (χ0n) is 17.3. The molecule has 0 saturated carbocycles. The van der Waals surface area contributed by atoms with E-state index in [1.165, 1.54) is 5.56 Å². The van der Waals surface area contributed by atoms with Crippen LogP contribution in [-0.2, 0) is 13.1 Å². The molecule has 4 nitrogen and oxygen atoms in total. The van der Waals surface area contributed by atoms with Crippen LogP contribution in [0, 0.1) is 0 Å². The van der Waals surface area contributed by atoms with Gasteiger partial charge in [0.2, 0.25) is 0 Å². The van der Waals surface area contributed by atoms with Gasteiger partial charge in [-0.1, -0.05) is 76.6 Å². The van der Waals surface area contributed by atoms with Gasteiger partial charge >= 0.3 is 5.97 Å². The van der Waals surface area contributed by atoms with E-state index < -0.39 is 5.97 Å². The van der Waals surface area contributed by atoms with Crippen molar-refractivity contribution in [1.29, 1.82) is 0 Å². The molecule has 0 aliphatic carbocycles. The number of fused-ring (bicyclic) bond motifs is 2. The zero-order chi connectivity index (χ0) is 22.1. The van der Waals surface area contributed by atoms with Crippen LogP contribution in [0.2, 0.25) is 0 Å². The van der Waals surface area contributed by atoms with Crippen LogP contribution in [0.3, 0.4) is 0 Å². The molecule has 4 aromatic rings. The standard InChI is InChI=1S/C27H21BrN2O2/c28-21-12-10-18(11-13-21)14-20-16-30(15-19-6-2-1-3-7-19)17-23-25(27(31)32)22-8-4-5-9-24(22)29-26(20)23/h1-14H,15-17H2,(H,31,32). The molecule has 3 aromatic carbocycles. The summed E-state index contributed by atoms with van der Waals surface area (Å²) < 4.78 is 1.02. The Hall–Kier alpha value is -3.28. The van der Waals surface area contributed by atoms with E-state index in [0.29, 0.717) is 29.6 Å². The molecule has 1 aliphatic rings. The number of pyridine rings is 1. The van der Waals surface area contributed by atoms with Crippen molar-refractivity contribution in [3.05, 3.63) is 111 Å². The monoisotopic (exact) mass is 484 g/mol. The minimum absolute atomic E-state index is 0.352. The predicted octanol–water partition coefficient (Wildman–Crippen LogP) is 6.25. The highest BCUT2D eigenvalue weighted by Gasteiger charge is 2.28. The highest BCUT2D eigenvalue weighted by atomic mass is 79.9. The van der Waals surface area contributed by atoms with Crippen LogP contribution in [0.25, 0.3) is 22.6 Å². The van der Waals surface area contributed by atoms with Crippen molar-refractivity contribution in [2.75, 3.05) is 6.54 Å². The number of carboxylic acids is 1.